The van der Waals surface area contributed by atoms with Crippen LogP contribution in [0.25, 0.3) is 11.2 Å². The summed E-state index contributed by atoms with van der Waals surface area (Å²) in [5, 5.41) is 3.25. The van der Waals surface area contributed by atoms with Crippen molar-refractivity contribution in [3.8, 4) is 5.75 Å². The lowest BCUT2D eigenvalue weighted by Crippen LogP contribution is -2.17. The molecule has 3 rings (SSSR count). The Hall–Kier alpha value is -2.63. The van der Waals surface area contributed by atoms with Gasteiger partial charge in [0, 0.05) is 0 Å². The van der Waals surface area contributed by atoms with Gasteiger partial charge in [0.25, 0.3) is 0 Å². The minimum absolute atomic E-state index is 0.0543. The van der Waals surface area contributed by atoms with Gasteiger partial charge in [-0.25, -0.2) is 15.0 Å². The summed E-state index contributed by atoms with van der Waals surface area (Å²) in [5.41, 5.74) is 2.72. The van der Waals surface area contributed by atoms with E-state index in [1.54, 1.807) is 6.33 Å². The van der Waals surface area contributed by atoms with Crippen molar-refractivity contribution in [2.75, 3.05) is 18.5 Å². The first-order valence-electron chi connectivity index (χ1n) is 7.66. The largest absolute Gasteiger partial charge is 0.491 e. The third-order valence-electron chi connectivity index (χ3n) is 3.57. The van der Waals surface area contributed by atoms with Gasteiger partial charge in [0.1, 0.15) is 24.2 Å². The summed E-state index contributed by atoms with van der Waals surface area (Å²) in [6.07, 6.45) is 3.11. The van der Waals surface area contributed by atoms with Crippen molar-refractivity contribution in [2.24, 2.45) is 0 Å². The molecule has 0 saturated carbocycles. The standard InChI is InChI=1S/C17H21N5O/c1-17(2,3)12-6-4-5-7-13(12)23-9-8-18-15-14-16(20-10-19-14)22-11-21-15/h4-7,10-11H,8-9H2,1-3H3,(H2,18,19,20,21,22). The minimum atomic E-state index is 0.0543. The molecule has 0 aliphatic heterocycles. The number of anilines is 1. The molecule has 2 aromatic heterocycles. The number of fused-ring (bicyclic) bond motifs is 1. The van der Waals surface area contributed by atoms with Crippen molar-refractivity contribution in [1.82, 2.24) is 19.9 Å². The predicted molar refractivity (Wildman–Crippen MR) is 90.8 cm³/mol. The molecule has 0 fully saturated rings. The molecule has 0 atom stereocenters. The van der Waals surface area contributed by atoms with Crippen molar-refractivity contribution in [1.29, 1.82) is 0 Å². The molecule has 0 saturated heterocycles. The first-order chi connectivity index (χ1) is 11.1. The molecule has 0 aliphatic rings. The Balaban J connectivity index is 1.62. The van der Waals surface area contributed by atoms with Crippen LogP contribution in [-0.4, -0.2) is 33.1 Å². The van der Waals surface area contributed by atoms with Crippen LogP contribution in [0.3, 0.4) is 0 Å². The SMILES string of the molecule is CC(C)(C)c1ccccc1OCCNc1ncnc2nc[nH]c12. The minimum Gasteiger partial charge on any atom is -0.491 e. The summed E-state index contributed by atoms with van der Waals surface area (Å²) in [5.74, 6) is 1.66. The highest BCUT2D eigenvalue weighted by Crippen LogP contribution is 2.30. The highest BCUT2D eigenvalue weighted by Gasteiger charge is 2.18. The first kappa shape index (κ1) is 15.3. The highest BCUT2D eigenvalue weighted by atomic mass is 16.5. The van der Waals surface area contributed by atoms with E-state index in [1.807, 2.05) is 18.2 Å². The Morgan fingerprint density at radius 2 is 1.96 bits per heavy atom. The summed E-state index contributed by atoms with van der Waals surface area (Å²) < 4.78 is 5.95. The number of imidazole rings is 1. The molecular weight excluding hydrogens is 290 g/mol. The molecule has 3 aromatic rings. The van der Waals surface area contributed by atoms with Crippen LogP contribution < -0.4 is 10.1 Å². The summed E-state index contributed by atoms with van der Waals surface area (Å²) >= 11 is 0. The number of nitrogens with zero attached hydrogens (tertiary/aromatic N) is 3. The van der Waals surface area contributed by atoms with Crippen LogP contribution >= 0.6 is 0 Å². The van der Waals surface area contributed by atoms with Crippen LogP contribution in [0.1, 0.15) is 26.3 Å². The quantitative estimate of drug-likeness (QED) is 0.708. The maximum absolute atomic E-state index is 5.95. The van der Waals surface area contributed by atoms with Gasteiger partial charge in [0.15, 0.2) is 11.5 Å². The summed E-state index contributed by atoms with van der Waals surface area (Å²) in [6.45, 7) is 7.74. The van der Waals surface area contributed by atoms with Crippen molar-refractivity contribution >= 4 is 17.0 Å². The highest BCUT2D eigenvalue weighted by molar-refractivity contribution is 5.81. The van der Waals surface area contributed by atoms with E-state index in [4.69, 9.17) is 4.74 Å². The average Bonchev–Trinajstić information content (AvgIpc) is 3.00. The lowest BCUT2D eigenvalue weighted by molar-refractivity contribution is 0.323. The third kappa shape index (κ3) is 3.41. The zero-order valence-corrected chi connectivity index (χ0v) is 13.6. The molecule has 0 amide bonds. The van der Waals surface area contributed by atoms with Crippen molar-refractivity contribution < 1.29 is 4.74 Å². The summed E-state index contributed by atoms with van der Waals surface area (Å²) in [6, 6.07) is 8.16. The maximum atomic E-state index is 5.95. The molecule has 23 heavy (non-hydrogen) atoms. The van der Waals surface area contributed by atoms with E-state index in [0.717, 1.165) is 17.1 Å². The lowest BCUT2D eigenvalue weighted by atomic mass is 9.86. The molecule has 0 bridgehead atoms. The van der Waals surface area contributed by atoms with Gasteiger partial charge in [0.05, 0.1) is 12.9 Å². The second-order valence-electron chi connectivity index (χ2n) is 6.34. The summed E-state index contributed by atoms with van der Waals surface area (Å²) in [4.78, 5) is 15.5. The number of nitrogens with one attached hydrogen (secondary N) is 2. The Kier molecular flexibility index (Phi) is 4.14. The number of rotatable bonds is 5. The molecule has 0 radical (unpaired) electrons. The van der Waals surface area contributed by atoms with Gasteiger partial charge in [-0.05, 0) is 17.0 Å². The van der Waals surface area contributed by atoms with Gasteiger partial charge >= 0.3 is 0 Å². The monoisotopic (exact) mass is 311 g/mol. The van der Waals surface area contributed by atoms with E-state index in [9.17, 15) is 0 Å². The van der Waals surface area contributed by atoms with E-state index in [0.29, 0.717) is 18.8 Å². The van der Waals surface area contributed by atoms with Crippen LogP contribution in [0.4, 0.5) is 5.82 Å². The number of aromatic nitrogens is 4. The molecule has 6 heteroatoms. The van der Waals surface area contributed by atoms with Gasteiger partial charge < -0.3 is 15.0 Å². The Morgan fingerprint density at radius 3 is 2.78 bits per heavy atom. The molecule has 2 N–H and O–H groups in total. The van der Waals surface area contributed by atoms with Crippen LogP contribution in [0, 0.1) is 0 Å². The molecule has 1 aromatic carbocycles. The number of H-pyrrole nitrogens is 1. The second kappa shape index (κ2) is 6.24. The van der Waals surface area contributed by atoms with Gasteiger partial charge in [-0.3, -0.25) is 0 Å². The molecule has 0 unspecified atom stereocenters. The predicted octanol–water partition coefficient (Wildman–Crippen LogP) is 3.14. The number of ether oxygens (including phenoxy) is 1. The fraction of sp³-hybridized carbons (Fsp3) is 0.353. The Morgan fingerprint density at radius 1 is 1.13 bits per heavy atom. The number of aromatic amines is 1. The number of para-hydroxylation sites is 1. The fourth-order valence-corrected chi connectivity index (χ4v) is 2.44. The van der Waals surface area contributed by atoms with Gasteiger partial charge in [-0.2, -0.15) is 0 Å². The first-order valence-corrected chi connectivity index (χ1v) is 7.66. The van der Waals surface area contributed by atoms with Crippen molar-refractivity contribution in [2.45, 2.75) is 26.2 Å². The topological polar surface area (TPSA) is 75.7 Å². The second-order valence-corrected chi connectivity index (χ2v) is 6.34. The summed E-state index contributed by atoms with van der Waals surface area (Å²) in [7, 11) is 0. The normalized spacial score (nSPS) is 11.6. The zero-order valence-electron chi connectivity index (χ0n) is 13.6. The van der Waals surface area contributed by atoms with Crippen molar-refractivity contribution in [3.63, 3.8) is 0 Å². The molecular formula is C17H21N5O. The molecule has 0 aliphatic carbocycles. The number of hydrogen-bond acceptors (Lipinski definition) is 5. The van der Waals surface area contributed by atoms with Crippen LogP contribution in [-0.2, 0) is 5.41 Å². The van der Waals surface area contributed by atoms with Gasteiger partial charge in [0.2, 0.25) is 0 Å². The number of hydrogen-bond donors (Lipinski definition) is 2. The zero-order chi connectivity index (χ0) is 16.3. The Bertz CT molecular complexity index is 791. The van der Waals surface area contributed by atoms with E-state index >= 15 is 0 Å². The van der Waals surface area contributed by atoms with E-state index in [2.05, 4.69) is 52.1 Å². The lowest BCUT2D eigenvalue weighted by Gasteiger charge is -2.22. The van der Waals surface area contributed by atoms with Crippen LogP contribution in [0.15, 0.2) is 36.9 Å². The molecule has 6 nitrogen and oxygen atoms in total. The fourth-order valence-electron chi connectivity index (χ4n) is 2.44. The molecule has 120 valence electrons. The van der Waals surface area contributed by atoms with Gasteiger partial charge in [-0.1, -0.05) is 39.0 Å². The van der Waals surface area contributed by atoms with E-state index in [-0.39, 0.29) is 5.41 Å². The maximum Gasteiger partial charge on any atom is 0.182 e. The molecule has 2 heterocycles. The smallest absolute Gasteiger partial charge is 0.182 e. The van der Waals surface area contributed by atoms with E-state index < -0.39 is 0 Å². The van der Waals surface area contributed by atoms with E-state index in [1.165, 1.54) is 11.9 Å². The average molecular weight is 311 g/mol. The van der Waals surface area contributed by atoms with Crippen LogP contribution in [0.5, 0.6) is 5.75 Å². The van der Waals surface area contributed by atoms with Crippen molar-refractivity contribution in [3.05, 3.63) is 42.5 Å². The Labute approximate surface area is 135 Å². The van der Waals surface area contributed by atoms with Crippen LogP contribution in [0.2, 0.25) is 0 Å². The van der Waals surface area contributed by atoms with Gasteiger partial charge in [-0.15, -0.1) is 0 Å². The number of benzene rings is 1. The molecule has 0 spiro atoms. The third-order valence-corrected chi connectivity index (χ3v) is 3.57.